The SMILES string of the molecule is Cc1nccc(CNc2ccc(N)cc2C(N)=O)n1. The first-order valence-corrected chi connectivity index (χ1v) is 5.78. The van der Waals surface area contributed by atoms with Crippen LogP contribution < -0.4 is 16.8 Å². The highest BCUT2D eigenvalue weighted by Gasteiger charge is 2.08. The van der Waals surface area contributed by atoms with Crippen LogP contribution in [0.5, 0.6) is 0 Å². The van der Waals surface area contributed by atoms with E-state index in [2.05, 4.69) is 15.3 Å². The number of amides is 1. The van der Waals surface area contributed by atoms with Gasteiger partial charge in [-0.15, -0.1) is 0 Å². The molecule has 19 heavy (non-hydrogen) atoms. The zero-order chi connectivity index (χ0) is 13.8. The van der Waals surface area contributed by atoms with Crippen molar-refractivity contribution in [1.29, 1.82) is 0 Å². The number of aromatic nitrogens is 2. The Balaban J connectivity index is 2.17. The molecule has 0 radical (unpaired) electrons. The number of carbonyl (C=O) groups excluding carboxylic acids is 1. The van der Waals surface area contributed by atoms with Crippen molar-refractivity contribution in [3.8, 4) is 0 Å². The second kappa shape index (κ2) is 5.34. The number of nitrogens with zero attached hydrogens (tertiary/aromatic N) is 2. The molecule has 0 fully saturated rings. The zero-order valence-electron chi connectivity index (χ0n) is 10.6. The quantitative estimate of drug-likeness (QED) is 0.710. The van der Waals surface area contributed by atoms with E-state index < -0.39 is 5.91 Å². The largest absolute Gasteiger partial charge is 0.399 e. The number of rotatable bonds is 4. The Morgan fingerprint density at radius 1 is 1.37 bits per heavy atom. The van der Waals surface area contributed by atoms with Crippen LogP contribution in [0.4, 0.5) is 11.4 Å². The number of hydrogen-bond donors (Lipinski definition) is 3. The van der Waals surface area contributed by atoms with Gasteiger partial charge in [0.25, 0.3) is 5.91 Å². The Kier molecular flexibility index (Phi) is 3.61. The third kappa shape index (κ3) is 3.19. The molecule has 1 aromatic heterocycles. The van der Waals surface area contributed by atoms with Crippen molar-refractivity contribution in [2.45, 2.75) is 13.5 Å². The van der Waals surface area contributed by atoms with E-state index in [9.17, 15) is 4.79 Å². The van der Waals surface area contributed by atoms with Gasteiger partial charge in [0.1, 0.15) is 5.82 Å². The molecule has 1 aromatic carbocycles. The fraction of sp³-hybridized carbons (Fsp3) is 0.154. The minimum absolute atomic E-state index is 0.366. The third-order valence-electron chi connectivity index (χ3n) is 2.60. The average molecular weight is 257 g/mol. The molecule has 0 atom stereocenters. The summed E-state index contributed by atoms with van der Waals surface area (Å²) in [5, 5.41) is 3.12. The van der Waals surface area contributed by atoms with Crippen molar-refractivity contribution in [1.82, 2.24) is 9.97 Å². The first-order valence-electron chi connectivity index (χ1n) is 5.78. The molecule has 6 heteroatoms. The molecule has 0 saturated heterocycles. The lowest BCUT2D eigenvalue weighted by molar-refractivity contribution is 0.100. The molecule has 0 aliphatic heterocycles. The Labute approximate surface area is 110 Å². The highest BCUT2D eigenvalue weighted by Crippen LogP contribution is 2.19. The molecule has 0 unspecified atom stereocenters. The number of hydrogen-bond acceptors (Lipinski definition) is 5. The summed E-state index contributed by atoms with van der Waals surface area (Å²) in [6, 6.07) is 6.79. The molecule has 6 nitrogen and oxygen atoms in total. The minimum atomic E-state index is -0.520. The molecule has 2 rings (SSSR count). The maximum absolute atomic E-state index is 11.3. The van der Waals surface area contributed by atoms with Gasteiger partial charge in [0.05, 0.1) is 17.8 Å². The second-order valence-electron chi connectivity index (χ2n) is 4.12. The first kappa shape index (κ1) is 12.8. The van der Waals surface area contributed by atoms with E-state index in [1.165, 1.54) is 0 Å². The Hall–Kier alpha value is -2.63. The summed E-state index contributed by atoms with van der Waals surface area (Å²) >= 11 is 0. The molecule has 98 valence electrons. The zero-order valence-corrected chi connectivity index (χ0v) is 10.6. The van der Waals surface area contributed by atoms with Gasteiger partial charge < -0.3 is 16.8 Å². The second-order valence-corrected chi connectivity index (χ2v) is 4.12. The highest BCUT2D eigenvalue weighted by atomic mass is 16.1. The Morgan fingerprint density at radius 2 is 2.16 bits per heavy atom. The van der Waals surface area contributed by atoms with Gasteiger partial charge in [0.15, 0.2) is 0 Å². The lowest BCUT2D eigenvalue weighted by atomic mass is 10.1. The van der Waals surface area contributed by atoms with E-state index in [0.717, 1.165) is 5.69 Å². The monoisotopic (exact) mass is 257 g/mol. The molecule has 0 aliphatic carbocycles. The molecule has 1 amide bonds. The van der Waals surface area contributed by atoms with E-state index >= 15 is 0 Å². The predicted molar refractivity (Wildman–Crippen MR) is 73.5 cm³/mol. The van der Waals surface area contributed by atoms with Gasteiger partial charge >= 0.3 is 0 Å². The molecule has 0 bridgehead atoms. The summed E-state index contributed by atoms with van der Waals surface area (Å²) in [6.45, 7) is 2.30. The summed E-state index contributed by atoms with van der Waals surface area (Å²) in [6.07, 6.45) is 1.69. The van der Waals surface area contributed by atoms with E-state index in [0.29, 0.717) is 29.3 Å². The van der Waals surface area contributed by atoms with Crippen LogP contribution in [-0.2, 0) is 6.54 Å². The number of aryl methyl sites for hydroxylation is 1. The van der Waals surface area contributed by atoms with Crippen LogP contribution in [0.2, 0.25) is 0 Å². The minimum Gasteiger partial charge on any atom is -0.399 e. The van der Waals surface area contributed by atoms with Crippen molar-refractivity contribution in [2.75, 3.05) is 11.1 Å². The maximum Gasteiger partial charge on any atom is 0.250 e. The molecule has 0 spiro atoms. The normalized spacial score (nSPS) is 10.2. The third-order valence-corrected chi connectivity index (χ3v) is 2.60. The van der Waals surface area contributed by atoms with Gasteiger partial charge in [-0.25, -0.2) is 9.97 Å². The lowest BCUT2D eigenvalue weighted by Crippen LogP contribution is -2.15. The smallest absolute Gasteiger partial charge is 0.250 e. The van der Waals surface area contributed by atoms with Crippen LogP contribution >= 0.6 is 0 Å². The van der Waals surface area contributed by atoms with Gasteiger partial charge in [-0.05, 0) is 31.2 Å². The molecule has 0 aliphatic rings. The summed E-state index contributed by atoms with van der Waals surface area (Å²) in [4.78, 5) is 19.6. The summed E-state index contributed by atoms with van der Waals surface area (Å²) in [5.74, 6) is 0.181. The van der Waals surface area contributed by atoms with Gasteiger partial charge in [0.2, 0.25) is 0 Å². The Morgan fingerprint density at radius 3 is 2.84 bits per heavy atom. The number of carbonyl (C=O) groups is 1. The first-order chi connectivity index (χ1) is 9.06. The van der Waals surface area contributed by atoms with E-state index in [1.807, 2.05) is 6.92 Å². The summed E-state index contributed by atoms with van der Waals surface area (Å²) in [7, 11) is 0. The van der Waals surface area contributed by atoms with E-state index in [-0.39, 0.29) is 0 Å². The molecule has 0 saturated carbocycles. The van der Waals surface area contributed by atoms with Crippen LogP contribution in [0.25, 0.3) is 0 Å². The van der Waals surface area contributed by atoms with Gasteiger partial charge in [-0.1, -0.05) is 0 Å². The molecular formula is C13H15N5O. The summed E-state index contributed by atoms with van der Waals surface area (Å²) in [5.41, 5.74) is 13.3. The molecule has 5 N–H and O–H groups in total. The molecular weight excluding hydrogens is 242 g/mol. The number of nitrogen functional groups attached to an aromatic ring is 1. The maximum atomic E-state index is 11.3. The van der Waals surface area contributed by atoms with Gasteiger partial charge in [0, 0.05) is 17.6 Å². The van der Waals surface area contributed by atoms with Crippen LogP contribution in [0.15, 0.2) is 30.5 Å². The van der Waals surface area contributed by atoms with Crippen molar-refractivity contribution in [2.24, 2.45) is 5.73 Å². The average Bonchev–Trinajstić information content (AvgIpc) is 2.37. The number of nitrogens with two attached hydrogens (primary N) is 2. The van der Waals surface area contributed by atoms with Crippen LogP contribution in [0, 0.1) is 6.92 Å². The van der Waals surface area contributed by atoms with Crippen LogP contribution in [-0.4, -0.2) is 15.9 Å². The fourth-order valence-corrected chi connectivity index (χ4v) is 1.71. The van der Waals surface area contributed by atoms with E-state index in [1.54, 1.807) is 30.5 Å². The molecule has 2 aromatic rings. The highest BCUT2D eigenvalue weighted by molar-refractivity contribution is 5.99. The van der Waals surface area contributed by atoms with Crippen LogP contribution in [0.1, 0.15) is 21.9 Å². The van der Waals surface area contributed by atoms with Crippen LogP contribution in [0.3, 0.4) is 0 Å². The topological polar surface area (TPSA) is 107 Å². The van der Waals surface area contributed by atoms with Crippen molar-refractivity contribution < 1.29 is 4.79 Å². The number of primary amides is 1. The number of nitrogens with one attached hydrogen (secondary N) is 1. The van der Waals surface area contributed by atoms with Crippen molar-refractivity contribution in [3.05, 3.63) is 47.5 Å². The van der Waals surface area contributed by atoms with E-state index in [4.69, 9.17) is 11.5 Å². The lowest BCUT2D eigenvalue weighted by Gasteiger charge is -2.10. The summed E-state index contributed by atoms with van der Waals surface area (Å²) < 4.78 is 0. The number of benzene rings is 1. The van der Waals surface area contributed by atoms with Gasteiger partial charge in [-0.2, -0.15) is 0 Å². The van der Waals surface area contributed by atoms with Crippen molar-refractivity contribution >= 4 is 17.3 Å². The number of anilines is 2. The van der Waals surface area contributed by atoms with Crippen molar-refractivity contribution in [3.63, 3.8) is 0 Å². The molecule has 1 heterocycles. The Bertz CT molecular complexity index is 612. The fourth-order valence-electron chi connectivity index (χ4n) is 1.71. The standard InChI is InChI=1S/C13H15N5O/c1-8-16-5-4-10(18-8)7-17-12-3-2-9(14)6-11(12)13(15)19/h2-6,17H,7,14H2,1H3,(H2,15,19). The van der Waals surface area contributed by atoms with Gasteiger partial charge in [-0.3, -0.25) is 4.79 Å². The predicted octanol–water partition coefficient (Wildman–Crippen LogP) is 1.08.